The van der Waals surface area contributed by atoms with E-state index in [2.05, 4.69) is 20.4 Å². The van der Waals surface area contributed by atoms with E-state index in [4.69, 9.17) is 9.26 Å². The van der Waals surface area contributed by atoms with Gasteiger partial charge in [-0.2, -0.15) is 0 Å². The van der Waals surface area contributed by atoms with Crippen molar-refractivity contribution in [3.63, 3.8) is 0 Å². The molecule has 0 fully saturated rings. The first-order valence-corrected chi connectivity index (χ1v) is 8.46. The Labute approximate surface area is 143 Å². The monoisotopic (exact) mass is 346 g/mol. The fraction of sp³-hybridized carbons (Fsp3) is 0.312. The van der Waals surface area contributed by atoms with Gasteiger partial charge >= 0.3 is 0 Å². The summed E-state index contributed by atoms with van der Waals surface area (Å²) in [5.74, 6) is 0.958. The first kappa shape index (κ1) is 16.4. The molecule has 126 valence electrons. The Balaban J connectivity index is 1.68. The van der Waals surface area contributed by atoms with Gasteiger partial charge < -0.3 is 14.2 Å². The molecular formula is C16H18N4O3S. The number of imidazole rings is 1. The Hall–Kier alpha value is -2.48. The second-order valence-corrected chi connectivity index (χ2v) is 6.57. The number of H-pyrrole nitrogens is 1. The minimum Gasteiger partial charge on any atom is -0.494 e. The van der Waals surface area contributed by atoms with Gasteiger partial charge in [0.25, 0.3) is 0 Å². The third kappa shape index (κ3) is 3.70. The van der Waals surface area contributed by atoms with Crippen molar-refractivity contribution < 1.29 is 14.1 Å². The first-order chi connectivity index (χ1) is 11.5. The second-order valence-electron chi connectivity index (χ2n) is 5.24. The SMILES string of the molecule is CCOc1ccc2nc(SC(C)C(=O)Nc3cc(C)no3)[nH]c2c1. The lowest BCUT2D eigenvalue weighted by atomic mass is 10.3. The van der Waals surface area contributed by atoms with Gasteiger partial charge in [-0.15, -0.1) is 0 Å². The molecule has 1 amide bonds. The third-order valence-corrected chi connectivity index (χ3v) is 4.26. The van der Waals surface area contributed by atoms with Crippen LogP contribution in [0.1, 0.15) is 19.5 Å². The highest BCUT2D eigenvalue weighted by molar-refractivity contribution is 8.00. The number of nitrogens with zero attached hydrogens (tertiary/aromatic N) is 2. The van der Waals surface area contributed by atoms with Gasteiger partial charge in [0.1, 0.15) is 5.75 Å². The summed E-state index contributed by atoms with van der Waals surface area (Å²) >= 11 is 1.34. The number of nitrogens with one attached hydrogen (secondary N) is 2. The van der Waals surface area contributed by atoms with E-state index >= 15 is 0 Å². The van der Waals surface area contributed by atoms with Gasteiger partial charge in [-0.3, -0.25) is 10.1 Å². The summed E-state index contributed by atoms with van der Waals surface area (Å²) in [6.07, 6.45) is 0. The lowest BCUT2D eigenvalue weighted by Gasteiger charge is -2.07. The van der Waals surface area contributed by atoms with Crippen LogP contribution in [0.15, 0.2) is 33.9 Å². The summed E-state index contributed by atoms with van der Waals surface area (Å²) in [4.78, 5) is 19.9. The number of carbonyl (C=O) groups excluding carboxylic acids is 1. The van der Waals surface area contributed by atoms with E-state index in [0.29, 0.717) is 23.3 Å². The Morgan fingerprint density at radius 1 is 1.46 bits per heavy atom. The number of amides is 1. The third-order valence-electron chi connectivity index (χ3n) is 3.27. The molecule has 0 aliphatic rings. The summed E-state index contributed by atoms with van der Waals surface area (Å²) in [6, 6.07) is 7.34. The molecule has 1 unspecified atom stereocenters. The van der Waals surface area contributed by atoms with Crippen LogP contribution in [0.25, 0.3) is 11.0 Å². The van der Waals surface area contributed by atoms with Gasteiger partial charge in [-0.05, 0) is 32.9 Å². The van der Waals surface area contributed by atoms with Crippen molar-refractivity contribution in [2.75, 3.05) is 11.9 Å². The maximum atomic E-state index is 12.2. The average molecular weight is 346 g/mol. The van der Waals surface area contributed by atoms with Gasteiger partial charge in [-0.25, -0.2) is 4.98 Å². The summed E-state index contributed by atoms with van der Waals surface area (Å²) in [5.41, 5.74) is 2.43. The van der Waals surface area contributed by atoms with E-state index in [9.17, 15) is 4.79 Å². The summed E-state index contributed by atoms with van der Waals surface area (Å²) in [6.45, 7) is 6.15. The van der Waals surface area contributed by atoms with Gasteiger partial charge in [0.05, 0.1) is 28.6 Å². The van der Waals surface area contributed by atoms with Crippen LogP contribution in [-0.2, 0) is 4.79 Å². The van der Waals surface area contributed by atoms with E-state index in [1.54, 1.807) is 13.0 Å². The molecule has 1 aromatic carbocycles. The van der Waals surface area contributed by atoms with Crippen LogP contribution in [0.5, 0.6) is 5.75 Å². The van der Waals surface area contributed by atoms with Crippen LogP contribution in [0.3, 0.4) is 0 Å². The molecule has 0 saturated heterocycles. The van der Waals surface area contributed by atoms with Crippen molar-refractivity contribution >= 4 is 34.6 Å². The second kappa shape index (κ2) is 6.96. The van der Waals surface area contributed by atoms with Crippen molar-refractivity contribution in [3.05, 3.63) is 30.0 Å². The van der Waals surface area contributed by atoms with Crippen LogP contribution < -0.4 is 10.1 Å². The Bertz CT molecular complexity index is 858. The highest BCUT2D eigenvalue weighted by Gasteiger charge is 2.18. The molecule has 0 spiro atoms. The molecular weight excluding hydrogens is 328 g/mol. The Morgan fingerprint density at radius 2 is 2.29 bits per heavy atom. The van der Waals surface area contributed by atoms with E-state index < -0.39 is 0 Å². The van der Waals surface area contributed by atoms with Gasteiger partial charge in [0, 0.05) is 12.1 Å². The minimum atomic E-state index is -0.345. The van der Waals surface area contributed by atoms with Crippen LogP contribution in [0.2, 0.25) is 0 Å². The fourth-order valence-corrected chi connectivity index (χ4v) is 2.96. The molecule has 0 bridgehead atoms. The fourth-order valence-electron chi connectivity index (χ4n) is 2.14. The van der Waals surface area contributed by atoms with Crippen LogP contribution in [0.4, 0.5) is 5.88 Å². The lowest BCUT2D eigenvalue weighted by Crippen LogP contribution is -2.22. The van der Waals surface area contributed by atoms with Gasteiger partial charge in [0.15, 0.2) is 5.16 Å². The molecule has 2 N–H and O–H groups in total. The number of ether oxygens (including phenoxy) is 1. The Kier molecular flexibility index (Phi) is 4.75. The average Bonchev–Trinajstić information content (AvgIpc) is 3.12. The molecule has 0 aliphatic heterocycles. The van der Waals surface area contributed by atoms with E-state index in [1.165, 1.54) is 11.8 Å². The molecule has 0 saturated carbocycles. The summed E-state index contributed by atoms with van der Waals surface area (Å²) in [7, 11) is 0. The number of anilines is 1. The highest BCUT2D eigenvalue weighted by atomic mass is 32.2. The standard InChI is InChI=1S/C16H18N4O3S/c1-4-22-11-5-6-12-13(8-11)18-16(17-12)24-10(3)15(21)19-14-7-9(2)20-23-14/h5-8,10H,4H2,1-3H3,(H,17,18)(H,19,21). The molecule has 2 heterocycles. The number of thioether (sulfide) groups is 1. The molecule has 7 nitrogen and oxygen atoms in total. The predicted molar refractivity (Wildman–Crippen MR) is 92.5 cm³/mol. The van der Waals surface area contributed by atoms with E-state index in [1.807, 2.05) is 32.0 Å². The minimum absolute atomic E-state index is 0.174. The zero-order chi connectivity index (χ0) is 17.1. The number of hydrogen-bond donors (Lipinski definition) is 2. The Morgan fingerprint density at radius 3 is 3.00 bits per heavy atom. The van der Waals surface area contributed by atoms with Gasteiger partial charge in [-0.1, -0.05) is 16.9 Å². The lowest BCUT2D eigenvalue weighted by molar-refractivity contribution is -0.115. The van der Waals surface area contributed by atoms with Gasteiger partial charge in [0.2, 0.25) is 11.8 Å². The molecule has 2 aromatic heterocycles. The van der Waals surface area contributed by atoms with Crippen molar-refractivity contribution in [3.8, 4) is 5.75 Å². The number of carbonyl (C=O) groups is 1. The number of rotatable bonds is 6. The highest BCUT2D eigenvalue weighted by Crippen LogP contribution is 2.26. The smallest absolute Gasteiger partial charge is 0.240 e. The maximum Gasteiger partial charge on any atom is 0.240 e. The number of fused-ring (bicyclic) bond motifs is 1. The number of benzene rings is 1. The summed E-state index contributed by atoms with van der Waals surface area (Å²) < 4.78 is 10.5. The number of hydrogen-bond acceptors (Lipinski definition) is 6. The molecule has 24 heavy (non-hydrogen) atoms. The van der Waals surface area contributed by atoms with E-state index in [0.717, 1.165) is 16.8 Å². The zero-order valence-electron chi connectivity index (χ0n) is 13.6. The molecule has 0 aliphatic carbocycles. The van der Waals surface area contributed by atoms with Crippen molar-refractivity contribution in [1.29, 1.82) is 0 Å². The van der Waals surface area contributed by atoms with Crippen molar-refractivity contribution in [2.24, 2.45) is 0 Å². The quantitative estimate of drug-likeness (QED) is 0.665. The maximum absolute atomic E-state index is 12.2. The molecule has 1 atom stereocenters. The first-order valence-electron chi connectivity index (χ1n) is 7.58. The molecule has 0 radical (unpaired) electrons. The number of aromatic amines is 1. The van der Waals surface area contributed by atoms with Crippen molar-refractivity contribution in [1.82, 2.24) is 15.1 Å². The van der Waals surface area contributed by atoms with Crippen LogP contribution in [0, 0.1) is 6.92 Å². The normalized spacial score (nSPS) is 12.3. The number of aromatic nitrogens is 3. The predicted octanol–water partition coefficient (Wildman–Crippen LogP) is 3.38. The topological polar surface area (TPSA) is 93.0 Å². The molecule has 8 heteroatoms. The van der Waals surface area contributed by atoms with Crippen molar-refractivity contribution in [2.45, 2.75) is 31.2 Å². The van der Waals surface area contributed by atoms with Crippen LogP contribution >= 0.6 is 11.8 Å². The number of aryl methyl sites for hydroxylation is 1. The molecule has 3 aromatic rings. The zero-order valence-corrected chi connectivity index (χ0v) is 14.4. The van der Waals surface area contributed by atoms with Crippen LogP contribution in [-0.4, -0.2) is 32.9 Å². The summed E-state index contributed by atoms with van der Waals surface area (Å²) in [5, 5.41) is 6.76. The van der Waals surface area contributed by atoms with E-state index in [-0.39, 0.29) is 11.2 Å². The molecule has 3 rings (SSSR count). The largest absolute Gasteiger partial charge is 0.494 e.